The summed E-state index contributed by atoms with van der Waals surface area (Å²) in [7, 11) is 1.87. The van der Waals surface area contributed by atoms with E-state index in [1.165, 1.54) is 0 Å². The van der Waals surface area contributed by atoms with Crippen molar-refractivity contribution in [3.63, 3.8) is 0 Å². The highest BCUT2D eigenvalue weighted by Crippen LogP contribution is 2.30. The maximum atomic E-state index is 10.5. The summed E-state index contributed by atoms with van der Waals surface area (Å²) in [6.45, 7) is 2.08. The normalized spacial score (nSPS) is 23.2. The molecule has 19 heavy (non-hydrogen) atoms. The monoisotopic (exact) mass is 258 g/mol. The van der Waals surface area contributed by atoms with Crippen LogP contribution < -0.4 is 10.2 Å². The van der Waals surface area contributed by atoms with E-state index in [4.69, 9.17) is 0 Å². The SMILES string of the molecule is CNC[C@@]1(O)CCN(c2ccnc3cccnc23)C1. The van der Waals surface area contributed by atoms with Gasteiger partial charge in [0, 0.05) is 32.0 Å². The molecular weight excluding hydrogens is 240 g/mol. The molecule has 0 saturated carbocycles. The molecular formula is C14H18N4O. The zero-order chi connectivity index (χ0) is 13.3. The number of fused-ring (bicyclic) bond motifs is 1. The van der Waals surface area contributed by atoms with Gasteiger partial charge in [-0.25, -0.2) is 0 Å². The lowest BCUT2D eigenvalue weighted by Gasteiger charge is -2.24. The molecule has 2 aromatic rings. The van der Waals surface area contributed by atoms with Gasteiger partial charge in [-0.2, -0.15) is 0 Å². The maximum Gasteiger partial charge on any atom is 0.112 e. The van der Waals surface area contributed by atoms with Gasteiger partial charge in [-0.05, 0) is 31.7 Å². The largest absolute Gasteiger partial charge is 0.387 e. The van der Waals surface area contributed by atoms with Crippen molar-refractivity contribution >= 4 is 16.7 Å². The van der Waals surface area contributed by atoms with Crippen LogP contribution in [-0.4, -0.2) is 47.4 Å². The Hall–Kier alpha value is -1.72. The average Bonchev–Trinajstić information content (AvgIpc) is 2.81. The van der Waals surface area contributed by atoms with Gasteiger partial charge in [0.25, 0.3) is 0 Å². The van der Waals surface area contributed by atoms with Gasteiger partial charge in [0.1, 0.15) is 5.52 Å². The van der Waals surface area contributed by atoms with Gasteiger partial charge in [0.05, 0.1) is 16.8 Å². The minimum absolute atomic E-state index is 0.611. The second-order valence-electron chi connectivity index (χ2n) is 5.13. The van der Waals surface area contributed by atoms with Crippen molar-refractivity contribution in [2.45, 2.75) is 12.0 Å². The molecule has 0 aliphatic carbocycles. The summed E-state index contributed by atoms with van der Waals surface area (Å²) >= 11 is 0. The van der Waals surface area contributed by atoms with E-state index < -0.39 is 5.60 Å². The number of aliphatic hydroxyl groups is 1. The van der Waals surface area contributed by atoms with Crippen molar-refractivity contribution in [2.75, 3.05) is 31.6 Å². The van der Waals surface area contributed by atoms with Crippen LogP contribution in [-0.2, 0) is 0 Å². The first-order valence-corrected chi connectivity index (χ1v) is 6.53. The molecule has 5 heteroatoms. The lowest BCUT2D eigenvalue weighted by atomic mass is 10.0. The van der Waals surface area contributed by atoms with Gasteiger partial charge in [-0.1, -0.05) is 0 Å². The third-order valence-corrected chi connectivity index (χ3v) is 3.65. The van der Waals surface area contributed by atoms with Crippen LogP contribution in [0.15, 0.2) is 30.6 Å². The molecule has 0 spiro atoms. The molecule has 0 amide bonds. The second-order valence-corrected chi connectivity index (χ2v) is 5.13. The Kier molecular flexibility index (Phi) is 3.08. The first kappa shape index (κ1) is 12.3. The van der Waals surface area contributed by atoms with Crippen LogP contribution in [0.5, 0.6) is 0 Å². The number of anilines is 1. The quantitative estimate of drug-likeness (QED) is 0.852. The molecule has 5 nitrogen and oxygen atoms in total. The molecule has 1 aliphatic heterocycles. The second kappa shape index (κ2) is 4.75. The number of hydrogen-bond acceptors (Lipinski definition) is 5. The molecule has 0 aromatic carbocycles. The predicted octanol–water partition coefficient (Wildman–Crippen LogP) is 0.790. The molecule has 2 N–H and O–H groups in total. The highest BCUT2D eigenvalue weighted by atomic mass is 16.3. The van der Waals surface area contributed by atoms with E-state index in [0.29, 0.717) is 13.1 Å². The van der Waals surface area contributed by atoms with Gasteiger partial charge in [-0.15, -0.1) is 0 Å². The summed E-state index contributed by atoms with van der Waals surface area (Å²) in [4.78, 5) is 10.9. The topological polar surface area (TPSA) is 61.3 Å². The van der Waals surface area contributed by atoms with Crippen LogP contribution in [0, 0.1) is 0 Å². The Morgan fingerprint density at radius 3 is 3.11 bits per heavy atom. The minimum atomic E-state index is -0.654. The molecule has 1 aliphatic rings. The molecule has 1 saturated heterocycles. The fourth-order valence-corrected chi connectivity index (χ4v) is 2.76. The van der Waals surface area contributed by atoms with Crippen LogP contribution >= 0.6 is 0 Å². The number of pyridine rings is 2. The molecule has 0 bridgehead atoms. The number of rotatable bonds is 3. The Morgan fingerprint density at radius 1 is 1.37 bits per heavy atom. The molecule has 3 heterocycles. The van der Waals surface area contributed by atoms with E-state index in [-0.39, 0.29) is 0 Å². The first-order chi connectivity index (χ1) is 9.22. The standard InChI is InChI=1S/C14H18N4O/c1-15-9-14(19)5-8-18(10-14)12-4-7-16-11-3-2-6-17-13(11)12/h2-4,6-7,15,19H,5,8-10H2,1H3/t14-/m0/s1. The van der Waals surface area contributed by atoms with Crippen molar-refractivity contribution in [2.24, 2.45) is 0 Å². The third kappa shape index (κ3) is 2.27. The van der Waals surface area contributed by atoms with Crippen LogP contribution in [0.25, 0.3) is 11.0 Å². The van der Waals surface area contributed by atoms with Crippen LogP contribution in [0.4, 0.5) is 5.69 Å². The zero-order valence-electron chi connectivity index (χ0n) is 11.0. The van der Waals surface area contributed by atoms with Crippen molar-refractivity contribution in [3.05, 3.63) is 30.6 Å². The predicted molar refractivity (Wildman–Crippen MR) is 75.2 cm³/mol. The van der Waals surface area contributed by atoms with Crippen molar-refractivity contribution < 1.29 is 5.11 Å². The number of aromatic nitrogens is 2. The van der Waals surface area contributed by atoms with Gasteiger partial charge >= 0.3 is 0 Å². The van der Waals surface area contributed by atoms with E-state index in [1.807, 2.05) is 25.2 Å². The summed E-state index contributed by atoms with van der Waals surface area (Å²) < 4.78 is 0. The summed E-state index contributed by atoms with van der Waals surface area (Å²) in [5.74, 6) is 0. The number of hydrogen-bond donors (Lipinski definition) is 2. The van der Waals surface area contributed by atoms with Crippen LogP contribution in [0.2, 0.25) is 0 Å². The smallest absolute Gasteiger partial charge is 0.112 e. The van der Waals surface area contributed by atoms with Crippen LogP contribution in [0.1, 0.15) is 6.42 Å². The number of likely N-dealkylation sites (N-methyl/N-ethyl adjacent to an activating group) is 1. The van der Waals surface area contributed by atoms with E-state index in [2.05, 4.69) is 20.2 Å². The number of β-amino-alcohol motifs (C(OH)–C–C–N with tert-alkyl or cyclic N) is 1. The Morgan fingerprint density at radius 2 is 2.26 bits per heavy atom. The van der Waals surface area contributed by atoms with Gasteiger partial charge < -0.3 is 15.3 Å². The summed E-state index contributed by atoms with van der Waals surface area (Å²) in [6, 6.07) is 5.82. The third-order valence-electron chi connectivity index (χ3n) is 3.65. The van der Waals surface area contributed by atoms with E-state index in [9.17, 15) is 5.11 Å². The number of nitrogens with one attached hydrogen (secondary N) is 1. The zero-order valence-corrected chi connectivity index (χ0v) is 11.0. The molecule has 0 unspecified atom stereocenters. The van der Waals surface area contributed by atoms with Crippen LogP contribution in [0.3, 0.4) is 0 Å². The molecule has 1 atom stereocenters. The Labute approximate surface area is 112 Å². The lowest BCUT2D eigenvalue weighted by Crippen LogP contribution is -2.41. The molecule has 0 radical (unpaired) electrons. The van der Waals surface area contributed by atoms with E-state index in [1.54, 1.807) is 12.4 Å². The number of nitrogens with zero attached hydrogens (tertiary/aromatic N) is 3. The fourth-order valence-electron chi connectivity index (χ4n) is 2.76. The van der Waals surface area contributed by atoms with Crippen molar-refractivity contribution in [1.82, 2.24) is 15.3 Å². The molecule has 1 fully saturated rings. The van der Waals surface area contributed by atoms with Crippen molar-refractivity contribution in [3.8, 4) is 0 Å². The lowest BCUT2D eigenvalue weighted by molar-refractivity contribution is 0.0651. The summed E-state index contributed by atoms with van der Waals surface area (Å²) in [5.41, 5.74) is 2.19. The summed E-state index contributed by atoms with van der Waals surface area (Å²) in [6.07, 6.45) is 4.35. The highest BCUT2D eigenvalue weighted by molar-refractivity contribution is 5.87. The first-order valence-electron chi connectivity index (χ1n) is 6.53. The highest BCUT2D eigenvalue weighted by Gasteiger charge is 2.36. The minimum Gasteiger partial charge on any atom is -0.387 e. The molecule has 2 aromatic heterocycles. The van der Waals surface area contributed by atoms with Gasteiger partial charge in [-0.3, -0.25) is 9.97 Å². The summed E-state index contributed by atoms with van der Waals surface area (Å²) in [5, 5.41) is 13.5. The van der Waals surface area contributed by atoms with Crippen molar-refractivity contribution in [1.29, 1.82) is 0 Å². The van der Waals surface area contributed by atoms with Gasteiger partial charge in [0.2, 0.25) is 0 Å². The molecule has 100 valence electrons. The fraction of sp³-hybridized carbons (Fsp3) is 0.429. The molecule has 3 rings (SSSR count). The maximum absolute atomic E-state index is 10.5. The van der Waals surface area contributed by atoms with E-state index >= 15 is 0 Å². The Bertz CT molecular complexity index is 583. The van der Waals surface area contributed by atoms with E-state index in [0.717, 1.165) is 29.7 Å². The average molecular weight is 258 g/mol. The van der Waals surface area contributed by atoms with Gasteiger partial charge in [0.15, 0.2) is 0 Å². The Balaban J connectivity index is 1.94.